The zero-order chi connectivity index (χ0) is 30.3. The molecule has 1 heterocycles. The normalized spacial score (nSPS) is 12.0. The van der Waals surface area contributed by atoms with Crippen molar-refractivity contribution in [1.82, 2.24) is 0 Å². The van der Waals surface area contributed by atoms with E-state index in [1.807, 2.05) is 20.8 Å². The molecule has 11 heteroatoms. The highest BCUT2D eigenvalue weighted by Gasteiger charge is 2.36. The molecule has 1 atom stereocenters. The van der Waals surface area contributed by atoms with Crippen LogP contribution in [0.1, 0.15) is 93.3 Å². The van der Waals surface area contributed by atoms with E-state index in [1.54, 1.807) is 18.2 Å². The summed E-state index contributed by atoms with van der Waals surface area (Å²) in [5.74, 6) is -4.81. The van der Waals surface area contributed by atoms with Gasteiger partial charge < -0.3 is 26.0 Å². The number of halogens is 1. The Labute approximate surface area is 241 Å². The molecule has 9 nitrogen and oxygen atoms in total. The third-order valence-electron chi connectivity index (χ3n) is 7.14. The number of amides is 1. The van der Waals surface area contributed by atoms with Gasteiger partial charge in [-0.05, 0) is 73.7 Å². The maximum atomic E-state index is 14.6. The van der Waals surface area contributed by atoms with Gasteiger partial charge in [-0.3, -0.25) is 4.79 Å². The van der Waals surface area contributed by atoms with Crippen molar-refractivity contribution in [2.45, 2.75) is 58.9 Å². The Morgan fingerprint density at radius 1 is 0.976 bits per heavy atom. The van der Waals surface area contributed by atoms with Crippen molar-refractivity contribution >= 4 is 40.8 Å². The number of carbonyl (C=O) groups excluding carboxylic acids is 2. The van der Waals surface area contributed by atoms with Crippen LogP contribution >= 0.6 is 11.3 Å². The number of carboxylic acids is 2. The molecule has 1 unspecified atom stereocenters. The van der Waals surface area contributed by atoms with Gasteiger partial charge in [-0.2, -0.15) is 0 Å². The number of thiophene rings is 1. The molecular weight excluding hydrogens is 551 g/mol. The number of nitrogens with two attached hydrogens (primary N) is 1. The third kappa shape index (κ3) is 7.36. The van der Waals surface area contributed by atoms with Gasteiger partial charge in [0.25, 0.3) is 0 Å². The Kier molecular flexibility index (Phi) is 10.4. The molecule has 0 radical (unpaired) electrons. The number of aromatic carboxylic acids is 2. The van der Waals surface area contributed by atoms with Gasteiger partial charge in [0.2, 0.25) is 5.91 Å². The first kappa shape index (κ1) is 31.4. The second-order valence-corrected chi connectivity index (χ2v) is 10.9. The van der Waals surface area contributed by atoms with Crippen LogP contribution in [-0.2, 0) is 11.2 Å². The number of hydrogen-bond acceptors (Lipinski definition) is 7. The van der Waals surface area contributed by atoms with E-state index in [2.05, 4.69) is 5.32 Å². The average Bonchev–Trinajstić information content (AvgIpc) is 3.41. The predicted octanol–water partition coefficient (Wildman–Crippen LogP) is 6.29. The molecule has 3 rings (SSSR count). The second-order valence-electron chi connectivity index (χ2n) is 9.73. The summed E-state index contributed by atoms with van der Waals surface area (Å²) in [6.07, 6.45) is 2.70. The molecule has 1 aromatic heterocycles. The quantitative estimate of drug-likeness (QED) is 0.135. The van der Waals surface area contributed by atoms with E-state index < -0.39 is 34.7 Å². The summed E-state index contributed by atoms with van der Waals surface area (Å²) in [7, 11) is 0. The Hall–Kier alpha value is -4.09. The van der Waals surface area contributed by atoms with Crippen LogP contribution in [0.3, 0.4) is 0 Å². The van der Waals surface area contributed by atoms with Gasteiger partial charge in [0.05, 0.1) is 16.5 Å². The molecule has 0 aliphatic carbocycles. The minimum atomic E-state index is -1.43. The number of carboxylic acid groups (broad SMARTS) is 2. The number of anilines is 1. The molecule has 0 spiro atoms. The van der Waals surface area contributed by atoms with Gasteiger partial charge in [-0.1, -0.05) is 33.3 Å². The van der Waals surface area contributed by atoms with Crippen LogP contribution < -0.4 is 15.8 Å². The van der Waals surface area contributed by atoms with E-state index in [0.717, 1.165) is 34.8 Å². The monoisotopic (exact) mass is 584 g/mol. The van der Waals surface area contributed by atoms with Crippen molar-refractivity contribution in [3.05, 3.63) is 80.8 Å². The van der Waals surface area contributed by atoms with Crippen LogP contribution in [0.2, 0.25) is 0 Å². The number of carbonyl (C=O) groups is 4. The van der Waals surface area contributed by atoms with Crippen molar-refractivity contribution < 1.29 is 38.5 Å². The van der Waals surface area contributed by atoms with E-state index in [9.17, 15) is 33.8 Å². The topological polar surface area (TPSA) is 156 Å². The van der Waals surface area contributed by atoms with Crippen LogP contribution in [-0.4, -0.2) is 34.0 Å². The standard InChI is InChI=1S/C30H33FN2O7S/c1-4-7-23(32)17-8-12-24(22(31)14-17)40-28(38)25-13-10-19(41-25)16-30(5-2,6-3)29(39)33-18-9-11-20(26(34)35)21(15-18)27(36)37/h8-15,23H,4-7,16,32H2,1-3H3,(H,33,39)(H,34,35)(H,36,37). The van der Waals surface area contributed by atoms with E-state index in [1.165, 1.54) is 18.2 Å². The molecule has 0 fully saturated rings. The lowest BCUT2D eigenvalue weighted by Crippen LogP contribution is -2.37. The highest BCUT2D eigenvalue weighted by atomic mass is 32.1. The first-order chi connectivity index (χ1) is 19.4. The summed E-state index contributed by atoms with van der Waals surface area (Å²) < 4.78 is 19.9. The van der Waals surface area contributed by atoms with Gasteiger partial charge in [0, 0.05) is 16.6 Å². The van der Waals surface area contributed by atoms with E-state index in [-0.39, 0.29) is 40.2 Å². The lowest BCUT2D eigenvalue weighted by Gasteiger charge is -2.30. The molecule has 5 N–H and O–H groups in total. The highest BCUT2D eigenvalue weighted by Crippen LogP contribution is 2.35. The predicted molar refractivity (Wildman–Crippen MR) is 153 cm³/mol. The number of benzene rings is 2. The molecule has 0 aliphatic rings. The van der Waals surface area contributed by atoms with E-state index in [0.29, 0.717) is 24.8 Å². The van der Waals surface area contributed by atoms with Crippen LogP contribution in [0.25, 0.3) is 0 Å². The molecule has 41 heavy (non-hydrogen) atoms. The van der Waals surface area contributed by atoms with E-state index >= 15 is 0 Å². The molecule has 3 aromatic rings. The Bertz CT molecular complexity index is 1450. The highest BCUT2D eigenvalue weighted by molar-refractivity contribution is 7.14. The van der Waals surface area contributed by atoms with Crippen molar-refractivity contribution in [3.8, 4) is 5.75 Å². The summed E-state index contributed by atoms with van der Waals surface area (Å²) >= 11 is 1.13. The third-order valence-corrected chi connectivity index (χ3v) is 8.20. The van der Waals surface area contributed by atoms with Crippen LogP contribution in [0.5, 0.6) is 5.75 Å². The fourth-order valence-electron chi connectivity index (χ4n) is 4.52. The Morgan fingerprint density at radius 2 is 1.66 bits per heavy atom. The molecule has 0 saturated heterocycles. The summed E-state index contributed by atoms with van der Waals surface area (Å²) in [6, 6.07) is 10.8. The summed E-state index contributed by atoms with van der Waals surface area (Å²) in [4.78, 5) is 50.0. The van der Waals surface area contributed by atoms with Gasteiger partial charge in [-0.15, -0.1) is 11.3 Å². The maximum absolute atomic E-state index is 14.6. The van der Waals surface area contributed by atoms with E-state index in [4.69, 9.17) is 10.5 Å². The fourth-order valence-corrected chi connectivity index (χ4v) is 5.55. The fraction of sp³-hybridized carbons (Fsp3) is 0.333. The van der Waals surface area contributed by atoms with Crippen LogP contribution in [0.15, 0.2) is 48.5 Å². The molecule has 218 valence electrons. The van der Waals surface area contributed by atoms with Gasteiger partial charge in [0.1, 0.15) is 4.88 Å². The molecule has 0 saturated carbocycles. The average molecular weight is 585 g/mol. The van der Waals surface area contributed by atoms with Crippen molar-refractivity contribution in [1.29, 1.82) is 0 Å². The Morgan fingerprint density at radius 3 is 2.24 bits per heavy atom. The molecule has 0 bridgehead atoms. The van der Waals surface area contributed by atoms with Gasteiger partial charge >= 0.3 is 17.9 Å². The second kappa shape index (κ2) is 13.5. The first-order valence-electron chi connectivity index (χ1n) is 13.2. The van der Waals surface area contributed by atoms with Crippen LogP contribution in [0, 0.1) is 11.2 Å². The van der Waals surface area contributed by atoms with Crippen molar-refractivity contribution in [2.75, 3.05) is 5.32 Å². The molecule has 0 aliphatic heterocycles. The molecular formula is C30H33FN2O7S. The van der Waals surface area contributed by atoms with Gasteiger partial charge in [0.15, 0.2) is 11.6 Å². The lowest BCUT2D eigenvalue weighted by molar-refractivity contribution is -0.126. The zero-order valence-electron chi connectivity index (χ0n) is 23.0. The maximum Gasteiger partial charge on any atom is 0.353 e. The van der Waals surface area contributed by atoms with Crippen LogP contribution in [0.4, 0.5) is 10.1 Å². The molecule has 2 aromatic carbocycles. The van der Waals surface area contributed by atoms with Gasteiger partial charge in [-0.25, -0.2) is 18.8 Å². The number of esters is 1. The summed E-state index contributed by atoms with van der Waals surface area (Å²) in [5.41, 5.74) is 5.09. The largest absolute Gasteiger partial charge is 0.478 e. The Balaban J connectivity index is 1.75. The minimum Gasteiger partial charge on any atom is -0.478 e. The summed E-state index contributed by atoms with van der Waals surface area (Å²) in [5, 5.41) is 21.4. The summed E-state index contributed by atoms with van der Waals surface area (Å²) in [6.45, 7) is 5.68. The number of ether oxygens (including phenoxy) is 1. The number of rotatable bonds is 13. The van der Waals surface area contributed by atoms with Crippen molar-refractivity contribution in [3.63, 3.8) is 0 Å². The SMILES string of the molecule is CCCC(N)c1ccc(OC(=O)c2ccc(CC(CC)(CC)C(=O)Nc3ccc(C(=O)O)c(C(=O)O)c3)s2)c(F)c1. The first-order valence-corrected chi connectivity index (χ1v) is 14.0. The number of nitrogens with one attached hydrogen (secondary N) is 1. The molecule has 1 amide bonds. The lowest BCUT2D eigenvalue weighted by atomic mass is 9.77. The minimum absolute atomic E-state index is 0.155. The number of hydrogen-bond donors (Lipinski definition) is 4. The smallest absolute Gasteiger partial charge is 0.353 e. The zero-order valence-corrected chi connectivity index (χ0v) is 23.8. The van der Waals surface area contributed by atoms with Crippen molar-refractivity contribution in [2.24, 2.45) is 11.1 Å².